The maximum Gasteiger partial charge on any atom is 0.328 e. The average molecular weight is 361 g/mol. The van der Waals surface area contributed by atoms with Crippen LogP contribution < -0.4 is 11.4 Å². The topological polar surface area (TPSA) is 118 Å². The van der Waals surface area contributed by atoms with Gasteiger partial charge >= 0.3 is 5.69 Å². The van der Waals surface area contributed by atoms with Crippen LogP contribution in [-0.2, 0) is 6.54 Å². The van der Waals surface area contributed by atoms with E-state index in [0.29, 0.717) is 35.3 Å². The molecular weight excluding hydrogens is 342 g/mol. The summed E-state index contributed by atoms with van der Waals surface area (Å²) in [5.41, 5.74) is 9.89. The monoisotopic (exact) mass is 361 g/mol. The van der Waals surface area contributed by atoms with Crippen LogP contribution in [0.4, 0.5) is 5.82 Å². The summed E-state index contributed by atoms with van der Waals surface area (Å²) in [7, 11) is 0. The van der Waals surface area contributed by atoms with Gasteiger partial charge in [-0.2, -0.15) is 0 Å². The number of hydrogen-bond acceptors (Lipinski definition) is 5. The lowest BCUT2D eigenvalue weighted by Crippen LogP contribution is -2.17. The van der Waals surface area contributed by atoms with Crippen molar-refractivity contribution in [1.29, 1.82) is 0 Å². The summed E-state index contributed by atoms with van der Waals surface area (Å²) < 4.78 is 1.57. The lowest BCUT2D eigenvalue weighted by Gasteiger charge is -2.05. The fraction of sp³-hybridized carbons (Fsp3) is 0.263. The van der Waals surface area contributed by atoms with Crippen molar-refractivity contribution in [1.82, 2.24) is 29.5 Å². The molecule has 1 saturated carbocycles. The van der Waals surface area contributed by atoms with Crippen LogP contribution >= 0.6 is 0 Å². The van der Waals surface area contributed by atoms with Crippen molar-refractivity contribution in [2.45, 2.75) is 32.2 Å². The predicted molar refractivity (Wildman–Crippen MR) is 102 cm³/mol. The first-order chi connectivity index (χ1) is 13.1. The molecule has 3 heterocycles. The number of benzene rings is 1. The standard InChI is InChI=1S/C19H19N7O/c1-10-13(12-7-8-12)22-16(21-10)17-24-15(20)14-18(25-17)26(19(27)23-14)9-11-5-3-2-4-6-11/h2-6,12H,7-9H2,1H3,(H,21,22)(H,23,27)(H2,20,24,25). The molecule has 27 heavy (non-hydrogen) atoms. The molecule has 0 bridgehead atoms. The van der Waals surface area contributed by atoms with Gasteiger partial charge in [0.15, 0.2) is 23.1 Å². The van der Waals surface area contributed by atoms with Crippen LogP contribution in [0, 0.1) is 6.92 Å². The molecule has 1 fully saturated rings. The average Bonchev–Trinajstić information content (AvgIpc) is 3.36. The molecule has 0 radical (unpaired) electrons. The van der Waals surface area contributed by atoms with Gasteiger partial charge in [0.25, 0.3) is 0 Å². The lowest BCUT2D eigenvalue weighted by molar-refractivity contribution is 0.777. The number of anilines is 1. The maximum absolute atomic E-state index is 12.5. The fourth-order valence-electron chi connectivity index (χ4n) is 3.40. The Bertz CT molecular complexity index is 1200. The minimum absolute atomic E-state index is 0.237. The number of nitrogens with one attached hydrogen (secondary N) is 2. The molecule has 8 heteroatoms. The van der Waals surface area contributed by atoms with Gasteiger partial charge in [-0.15, -0.1) is 0 Å². The van der Waals surface area contributed by atoms with Crippen LogP contribution in [0.25, 0.3) is 22.8 Å². The Labute approximate surface area is 154 Å². The molecule has 1 aliphatic carbocycles. The number of hydrogen-bond donors (Lipinski definition) is 3. The number of fused-ring (bicyclic) bond motifs is 1. The molecule has 0 unspecified atom stereocenters. The second-order valence-electron chi connectivity index (χ2n) is 7.00. The molecule has 4 N–H and O–H groups in total. The van der Waals surface area contributed by atoms with Crippen LogP contribution in [0.3, 0.4) is 0 Å². The van der Waals surface area contributed by atoms with Crippen molar-refractivity contribution in [3.63, 3.8) is 0 Å². The number of aromatic nitrogens is 6. The quantitative estimate of drug-likeness (QED) is 0.515. The van der Waals surface area contributed by atoms with E-state index in [0.717, 1.165) is 17.0 Å². The minimum atomic E-state index is -0.263. The molecule has 8 nitrogen and oxygen atoms in total. The van der Waals surface area contributed by atoms with Gasteiger partial charge in [0, 0.05) is 11.6 Å². The third kappa shape index (κ3) is 2.69. The molecular formula is C19H19N7O. The molecule has 1 aliphatic rings. The minimum Gasteiger partial charge on any atom is -0.382 e. The first kappa shape index (κ1) is 15.8. The maximum atomic E-state index is 12.5. The molecule has 5 rings (SSSR count). The van der Waals surface area contributed by atoms with Crippen LogP contribution in [0.2, 0.25) is 0 Å². The van der Waals surface area contributed by atoms with E-state index in [1.165, 1.54) is 12.8 Å². The summed E-state index contributed by atoms with van der Waals surface area (Å²) >= 11 is 0. The van der Waals surface area contributed by atoms with E-state index in [4.69, 9.17) is 5.73 Å². The molecule has 0 spiro atoms. The number of nitrogens with two attached hydrogens (primary N) is 1. The van der Waals surface area contributed by atoms with E-state index in [-0.39, 0.29) is 11.5 Å². The summed E-state index contributed by atoms with van der Waals surface area (Å²) in [5.74, 6) is 1.75. The van der Waals surface area contributed by atoms with Gasteiger partial charge in [-0.05, 0) is 25.3 Å². The van der Waals surface area contributed by atoms with Crippen molar-refractivity contribution in [2.24, 2.45) is 0 Å². The van der Waals surface area contributed by atoms with E-state index in [1.54, 1.807) is 4.57 Å². The van der Waals surface area contributed by atoms with Gasteiger partial charge in [-0.3, -0.25) is 4.57 Å². The molecule has 0 saturated heterocycles. The van der Waals surface area contributed by atoms with Crippen molar-refractivity contribution >= 4 is 17.0 Å². The van der Waals surface area contributed by atoms with Crippen LogP contribution in [0.1, 0.15) is 35.7 Å². The van der Waals surface area contributed by atoms with Crippen molar-refractivity contribution in [3.8, 4) is 11.6 Å². The number of imidazole rings is 2. The SMILES string of the molecule is Cc1[nH]c(-c2nc(N)c3[nH]c(=O)n(Cc4ccccc4)c3n2)nc1C1CC1. The number of H-pyrrole nitrogens is 2. The first-order valence-corrected chi connectivity index (χ1v) is 8.97. The highest BCUT2D eigenvalue weighted by Gasteiger charge is 2.29. The molecule has 1 aromatic carbocycles. The third-order valence-electron chi connectivity index (χ3n) is 4.93. The summed E-state index contributed by atoms with van der Waals surface area (Å²) in [6, 6.07) is 9.75. The highest BCUT2D eigenvalue weighted by atomic mass is 16.1. The Morgan fingerprint density at radius 2 is 1.93 bits per heavy atom. The number of aryl methyl sites for hydroxylation is 1. The zero-order valence-corrected chi connectivity index (χ0v) is 14.9. The summed E-state index contributed by atoms with van der Waals surface area (Å²) in [5, 5.41) is 0. The van der Waals surface area contributed by atoms with Crippen molar-refractivity contribution in [3.05, 3.63) is 57.8 Å². The molecule has 0 aliphatic heterocycles. The van der Waals surface area contributed by atoms with E-state index in [9.17, 15) is 4.79 Å². The van der Waals surface area contributed by atoms with Gasteiger partial charge in [0.1, 0.15) is 5.52 Å². The summed E-state index contributed by atoms with van der Waals surface area (Å²) in [6.07, 6.45) is 2.34. The Morgan fingerprint density at radius 1 is 1.15 bits per heavy atom. The van der Waals surface area contributed by atoms with E-state index in [1.807, 2.05) is 37.3 Å². The number of aromatic amines is 2. The van der Waals surface area contributed by atoms with E-state index < -0.39 is 0 Å². The van der Waals surface area contributed by atoms with Gasteiger partial charge in [0.2, 0.25) is 0 Å². The molecule has 136 valence electrons. The molecule has 3 aromatic heterocycles. The molecule has 0 atom stereocenters. The number of rotatable bonds is 4. The fourth-order valence-corrected chi connectivity index (χ4v) is 3.40. The third-order valence-corrected chi connectivity index (χ3v) is 4.93. The van der Waals surface area contributed by atoms with Crippen LogP contribution in [-0.4, -0.2) is 29.5 Å². The second kappa shape index (κ2) is 5.80. The number of nitrogens with zero attached hydrogens (tertiary/aromatic N) is 4. The summed E-state index contributed by atoms with van der Waals surface area (Å²) in [4.78, 5) is 32.1. The predicted octanol–water partition coefficient (Wildman–Crippen LogP) is 2.33. The zero-order valence-electron chi connectivity index (χ0n) is 14.9. The smallest absolute Gasteiger partial charge is 0.328 e. The normalized spacial score (nSPS) is 14.1. The second-order valence-corrected chi connectivity index (χ2v) is 7.00. The van der Waals surface area contributed by atoms with E-state index in [2.05, 4.69) is 24.9 Å². The van der Waals surface area contributed by atoms with Crippen LogP contribution in [0.5, 0.6) is 0 Å². The Balaban J connectivity index is 1.64. The lowest BCUT2D eigenvalue weighted by atomic mass is 10.2. The van der Waals surface area contributed by atoms with Crippen LogP contribution in [0.15, 0.2) is 35.1 Å². The largest absolute Gasteiger partial charge is 0.382 e. The Kier molecular flexibility index (Phi) is 3.40. The molecule has 4 aromatic rings. The van der Waals surface area contributed by atoms with Gasteiger partial charge in [-0.1, -0.05) is 30.3 Å². The highest BCUT2D eigenvalue weighted by molar-refractivity contribution is 5.83. The van der Waals surface area contributed by atoms with Gasteiger partial charge in [0.05, 0.1) is 12.2 Å². The van der Waals surface area contributed by atoms with Crippen molar-refractivity contribution < 1.29 is 0 Å². The Hall–Kier alpha value is -3.42. The van der Waals surface area contributed by atoms with E-state index >= 15 is 0 Å². The molecule has 0 amide bonds. The van der Waals surface area contributed by atoms with Gasteiger partial charge in [-0.25, -0.2) is 19.7 Å². The van der Waals surface area contributed by atoms with Gasteiger partial charge < -0.3 is 15.7 Å². The Morgan fingerprint density at radius 3 is 2.67 bits per heavy atom. The highest BCUT2D eigenvalue weighted by Crippen LogP contribution is 2.41. The number of nitrogen functional groups attached to an aromatic ring is 1. The van der Waals surface area contributed by atoms with Crippen molar-refractivity contribution in [2.75, 3.05) is 5.73 Å². The zero-order chi connectivity index (χ0) is 18.5. The summed E-state index contributed by atoms with van der Waals surface area (Å²) in [6.45, 7) is 2.41. The first-order valence-electron chi connectivity index (χ1n) is 8.97.